The summed E-state index contributed by atoms with van der Waals surface area (Å²) >= 11 is 0. The first-order chi connectivity index (χ1) is 10.7. The predicted molar refractivity (Wildman–Crippen MR) is 102 cm³/mol. The number of para-hydroxylation sites is 2. The van der Waals surface area contributed by atoms with Crippen molar-refractivity contribution in [1.29, 1.82) is 0 Å². The number of hydrogen-bond donors (Lipinski definition) is 3. The number of nitrogens with zero attached hydrogens (tertiary/aromatic N) is 1. The van der Waals surface area contributed by atoms with E-state index in [1.807, 2.05) is 24.3 Å². The Morgan fingerprint density at radius 1 is 1.29 bits per heavy atom. The molecule has 1 aromatic carbocycles. The van der Waals surface area contributed by atoms with E-state index >= 15 is 0 Å². The maximum atomic E-state index is 12.1. The van der Waals surface area contributed by atoms with Crippen LogP contribution in [0.15, 0.2) is 24.3 Å². The molecule has 1 saturated carbocycles. The normalized spacial score (nSPS) is 20.0. The van der Waals surface area contributed by atoms with Crippen molar-refractivity contribution in [3.8, 4) is 0 Å². The number of nitrogens with two attached hydrogens (primary N) is 1. The number of aromatic amines is 1. The van der Waals surface area contributed by atoms with Crippen molar-refractivity contribution in [3.63, 3.8) is 0 Å². The molecule has 0 aliphatic heterocycles. The average Bonchev–Trinajstić information content (AvgIpc) is 2.94. The molecule has 7 heteroatoms. The van der Waals surface area contributed by atoms with Gasteiger partial charge in [-0.25, -0.2) is 4.98 Å². The minimum Gasteiger partial charge on any atom is -0.356 e. The standard InChI is InChI=1S/C17H24N4O.2ClH/c18-13-6-3-5-12(11-13)17(22)19-10-4-9-16-20-14-7-1-2-8-15(14)21-16;;/h1-2,7-8,12-13H,3-6,9-11,18H2,(H,19,22)(H,20,21);2*1H. The number of carbonyl (C=O) groups is 1. The summed E-state index contributed by atoms with van der Waals surface area (Å²) < 4.78 is 0. The highest BCUT2D eigenvalue weighted by atomic mass is 35.5. The summed E-state index contributed by atoms with van der Waals surface area (Å²) in [5.74, 6) is 1.25. The lowest BCUT2D eigenvalue weighted by molar-refractivity contribution is -0.126. The van der Waals surface area contributed by atoms with E-state index in [1.165, 1.54) is 0 Å². The summed E-state index contributed by atoms with van der Waals surface area (Å²) in [6, 6.07) is 8.21. The zero-order chi connectivity index (χ0) is 15.4. The first-order valence-electron chi connectivity index (χ1n) is 8.19. The van der Waals surface area contributed by atoms with Crippen LogP contribution in [0.25, 0.3) is 11.0 Å². The number of imidazole rings is 1. The average molecular weight is 373 g/mol. The van der Waals surface area contributed by atoms with Crippen LogP contribution < -0.4 is 11.1 Å². The second-order valence-electron chi connectivity index (χ2n) is 6.22. The molecule has 2 unspecified atom stereocenters. The minimum atomic E-state index is 0. The molecule has 4 N–H and O–H groups in total. The van der Waals surface area contributed by atoms with Gasteiger partial charge in [-0.15, -0.1) is 24.8 Å². The van der Waals surface area contributed by atoms with Gasteiger partial charge in [-0.3, -0.25) is 4.79 Å². The number of fused-ring (bicyclic) bond motifs is 1. The molecule has 1 aliphatic rings. The third-order valence-electron chi connectivity index (χ3n) is 4.41. The van der Waals surface area contributed by atoms with E-state index in [9.17, 15) is 4.79 Å². The van der Waals surface area contributed by atoms with Crippen LogP contribution in [0.5, 0.6) is 0 Å². The van der Waals surface area contributed by atoms with Crippen molar-refractivity contribution < 1.29 is 4.79 Å². The number of amides is 1. The van der Waals surface area contributed by atoms with Crippen LogP contribution in [0.4, 0.5) is 0 Å². The number of benzene rings is 1. The van der Waals surface area contributed by atoms with Crippen LogP contribution in [0, 0.1) is 5.92 Å². The number of carbonyl (C=O) groups excluding carboxylic acids is 1. The van der Waals surface area contributed by atoms with Crippen LogP contribution in [0.1, 0.15) is 37.9 Å². The first-order valence-corrected chi connectivity index (χ1v) is 8.19. The highest BCUT2D eigenvalue weighted by molar-refractivity contribution is 5.85. The molecule has 1 amide bonds. The molecule has 0 spiro atoms. The van der Waals surface area contributed by atoms with E-state index in [0.717, 1.165) is 55.4 Å². The summed E-state index contributed by atoms with van der Waals surface area (Å²) in [6.07, 6.45) is 5.66. The van der Waals surface area contributed by atoms with Gasteiger partial charge in [0.15, 0.2) is 0 Å². The molecule has 3 rings (SSSR count). The highest BCUT2D eigenvalue weighted by Crippen LogP contribution is 2.23. The molecule has 0 saturated heterocycles. The number of aryl methyl sites for hydroxylation is 1. The van der Waals surface area contributed by atoms with Crippen LogP contribution >= 0.6 is 24.8 Å². The summed E-state index contributed by atoms with van der Waals surface area (Å²) in [7, 11) is 0. The molecule has 24 heavy (non-hydrogen) atoms. The molecule has 0 bridgehead atoms. The Balaban J connectivity index is 0.00000144. The van der Waals surface area contributed by atoms with Crippen molar-refractivity contribution in [1.82, 2.24) is 15.3 Å². The molecule has 1 fully saturated rings. The van der Waals surface area contributed by atoms with Crippen LogP contribution in [-0.4, -0.2) is 28.5 Å². The van der Waals surface area contributed by atoms with E-state index in [4.69, 9.17) is 5.73 Å². The predicted octanol–water partition coefficient (Wildman–Crippen LogP) is 2.97. The molecule has 2 atom stereocenters. The Bertz CT molecular complexity index is 613. The zero-order valence-electron chi connectivity index (χ0n) is 13.7. The van der Waals surface area contributed by atoms with Crippen LogP contribution in [0.3, 0.4) is 0 Å². The largest absolute Gasteiger partial charge is 0.356 e. The third kappa shape index (κ3) is 5.36. The second kappa shape index (κ2) is 9.87. The molecule has 134 valence electrons. The number of aromatic nitrogens is 2. The van der Waals surface area contributed by atoms with Crippen molar-refractivity contribution in [2.24, 2.45) is 11.7 Å². The fourth-order valence-corrected chi connectivity index (χ4v) is 3.20. The number of hydrogen-bond acceptors (Lipinski definition) is 3. The highest BCUT2D eigenvalue weighted by Gasteiger charge is 2.24. The molecular weight excluding hydrogens is 347 g/mol. The molecule has 1 aliphatic carbocycles. The van der Waals surface area contributed by atoms with E-state index in [-0.39, 0.29) is 42.7 Å². The Hall–Kier alpha value is -1.30. The fraction of sp³-hybridized carbons (Fsp3) is 0.529. The maximum absolute atomic E-state index is 12.1. The topological polar surface area (TPSA) is 83.8 Å². The molecule has 2 aromatic rings. The lowest BCUT2D eigenvalue weighted by Crippen LogP contribution is -2.38. The number of nitrogens with one attached hydrogen (secondary N) is 2. The smallest absolute Gasteiger partial charge is 0.223 e. The Morgan fingerprint density at radius 3 is 2.83 bits per heavy atom. The van der Waals surface area contributed by atoms with Gasteiger partial charge in [0.2, 0.25) is 5.91 Å². The Labute approximate surface area is 155 Å². The number of H-pyrrole nitrogens is 1. The van der Waals surface area contributed by atoms with E-state index < -0.39 is 0 Å². The lowest BCUT2D eigenvalue weighted by atomic mass is 9.85. The van der Waals surface area contributed by atoms with Crippen molar-refractivity contribution in [3.05, 3.63) is 30.1 Å². The van der Waals surface area contributed by atoms with Gasteiger partial charge >= 0.3 is 0 Å². The quantitative estimate of drug-likeness (QED) is 0.705. The van der Waals surface area contributed by atoms with Gasteiger partial charge in [-0.05, 0) is 37.8 Å². The van der Waals surface area contributed by atoms with Crippen molar-refractivity contribution in [2.45, 2.75) is 44.6 Å². The van der Waals surface area contributed by atoms with Gasteiger partial charge in [-0.2, -0.15) is 0 Å². The molecule has 1 aromatic heterocycles. The lowest BCUT2D eigenvalue weighted by Gasteiger charge is -2.25. The molecule has 5 nitrogen and oxygen atoms in total. The van der Waals surface area contributed by atoms with Gasteiger partial charge in [0.1, 0.15) is 5.82 Å². The number of rotatable bonds is 5. The molecular formula is C17H26Cl2N4O. The van der Waals surface area contributed by atoms with E-state index in [2.05, 4.69) is 15.3 Å². The maximum Gasteiger partial charge on any atom is 0.223 e. The van der Waals surface area contributed by atoms with Gasteiger partial charge in [0.25, 0.3) is 0 Å². The van der Waals surface area contributed by atoms with E-state index in [1.54, 1.807) is 0 Å². The van der Waals surface area contributed by atoms with Crippen molar-refractivity contribution in [2.75, 3.05) is 6.54 Å². The van der Waals surface area contributed by atoms with Gasteiger partial charge in [0, 0.05) is 24.9 Å². The first kappa shape index (κ1) is 20.7. The van der Waals surface area contributed by atoms with Gasteiger partial charge < -0.3 is 16.0 Å². The Kier molecular flexibility index (Phi) is 8.53. The zero-order valence-corrected chi connectivity index (χ0v) is 15.3. The minimum absolute atomic E-state index is 0. The molecule has 1 heterocycles. The van der Waals surface area contributed by atoms with Crippen LogP contribution in [0.2, 0.25) is 0 Å². The number of halogens is 2. The van der Waals surface area contributed by atoms with Gasteiger partial charge in [0.05, 0.1) is 11.0 Å². The van der Waals surface area contributed by atoms with Crippen LogP contribution in [-0.2, 0) is 11.2 Å². The Morgan fingerprint density at radius 2 is 2.08 bits per heavy atom. The summed E-state index contributed by atoms with van der Waals surface area (Å²) in [6.45, 7) is 0.696. The van der Waals surface area contributed by atoms with E-state index in [0.29, 0.717) is 6.54 Å². The van der Waals surface area contributed by atoms with Gasteiger partial charge in [-0.1, -0.05) is 18.6 Å². The summed E-state index contributed by atoms with van der Waals surface area (Å²) in [5, 5.41) is 3.04. The van der Waals surface area contributed by atoms with Crippen molar-refractivity contribution >= 4 is 41.8 Å². The fourth-order valence-electron chi connectivity index (χ4n) is 3.20. The second-order valence-corrected chi connectivity index (χ2v) is 6.22. The third-order valence-corrected chi connectivity index (χ3v) is 4.41. The monoisotopic (exact) mass is 372 g/mol. The summed E-state index contributed by atoms with van der Waals surface area (Å²) in [5.41, 5.74) is 8.00. The summed E-state index contributed by atoms with van der Waals surface area (Å²) in [4.78, 5) is 20.0. The SMILES string of the molecule is Cl.Cl.NC1CCCC(C(=O)NCCCc2nc3ccccc3[nH]2)C1. The molecule has 0 radical (unpaired) electrons.